The summed E-state index contributed by atoms with van der Waals surface area (Å²) in [5.41, 5.74) is 0.398. The molecule has 0 bridgehead atoms. The number of hydrogen-bond acceptors (Lipinski definition) is 2. The van der Waals surface area contributed by atoms with Crippen LogP contribution in [0.5, 0.6) is 0 Å². The number of nitrogens with zero attached hydrogens (tertiary/aromatic N) is 3. The van der Waals surface area contributed by atoms with Crippen molar-refractivity contribution in [3.8, 4) is 6.07 Å². The van der Waals surface area contributed by atoms with Gasteiger partial charge >= 0.3 is 0 Å². The van der Waals surface area contributed by atoms with Crippen LogP contribution in [-0.2, 0) is 5.54 Å². The molecule has 0 saturated heterocycles. The van der Waals surface area contributed by atoms with Crippen molar-refractivity contribution in [1.82, 2.24) is 9.78 Å². The summed E-state index contributed by atoms with van der Waals surface area (Å²) in [6.45, 7) is 6.03. The summed E-state index contributed by atoms with van der Waals surface area (Å²) >= 11 is 0. The fourth-order valence-electron chi connectivity index (χ4n) is 0.682. The molecule has 0 N–H and O–H groups in total. The van der Waals surface area contributed by atoms with Gasteiger partial charge in [-0.15, -0.1) is 0 Å². The molecule has 0 unspecified atom stereocenters. The summed E-state index contributed by atoms with van der Waals surface area (Å²) in [5, 5.41) is 12.5. The van der Waals surface area contributed by atoms with Crippen LogP contribution in [0.25, 0.3) is 0 Å². The quantitative estimate of drug-likeness (QED) is 0.556. The van der Waals surface area contributed by atoms with Crippen molar-refractivity contribution < 1.29 is 0 Å². The molecule has 57 valence electrons. The Balaban J connectivity index is 3.01. The van der Waals surface area contributed by atoms with E-state index in [1.807, 2.05) is 26.8 Å². The van der Waals surface area contributed by atoms with Crippen LogP contribution in [0.2, 0.25) is 0 Å². The molecule has 1 aromatic heterocycles. The molecule has 0 aliphatic heterocycles. The minimum absolute atomic E-state index is 0.0882. The lowest BCUT2D eigenvalue weighted by Gasteiger charge is -2.17. The number of nitriles is 1. The molecule has 0 saturated carbocycles. The molecule has 3 heteroatoms. The van der Waals surface area contributed by atoms with E-state index in [-0.39, 0.29) is 5.54 Å². The predicted molar refractivity (Wildman–Crippen MR) is 40.8 cm³/mol. The van der Waals surface area contributed by atoms with E-state index in [0.29, 0.717) is 5.56 Å². The molecule has 0 aromatic carbocycles. The van der Waals surface area contributed by atoms with E-state index >= 15 is 0 Å². The Bertz CT molecular complexity index is 285. The third kappa shape index (κ3) is 1.58. The van der Waals surface area contributed by atoms with E-state index in [1.165, 1.54) is 6.20 Å². The Kier molecular flexibility index (Phi) is 1.69. The average molecular weight is 148 g/mol. The van der Waals surface area contributed by atoms with Gasteiger partial charge < -0.3 is 0 Å². The number of rotatable bonds is 0. The average Bonchev–Trinajstić information content (AvgIpc) is 2.32. The zero-order chi connectivity index (χ0) is 8.48. The first-order chi connectivity index (χ1) is 5.04. The van der Waals surface area contributed by atoms with E-state index in [9.17, 15) is 0 Å². The van der Waals surface area contributed by atoms with Crippen molar-refractivity contribution in [1.29, 1.82) is 5.26 Å². The van der Waals surface area contributed by atoms with Gasteiger partial charge in [0.15, 0.2) is 0 Å². The van der Waals surface area contributed by atoms with Gasteiger partial charge in [-0.25, -0.2) is 0 Å². The number of hydrogen-bond donors (Lipinski definition) is 0. The molecule has 0 fully saturated rings. The van der Waals surface area contributed by atoms with Crippen LogP contribution in [0.3, 0.4) is 0 Å². The highest BCUT2D eigenvalue weighted by Crippen LogP contribution is 2.11. The van der Waals surface area contributed by atoms with Crippen LogP contribution in [0, 0.1) is 17.5 Å². The van der Waals surface area contributed by atoms with Gasteiger partial charge in [-0.05, 0) is 20.8 Å². The Labute approximate surface area is 66.3 Å². The van der Waals surface area contributed by atoms with E-state index in [2.05, 4.69) is 11.3 Å². The predicted octanol–water partition coefficient (Wildman–Crippen LogP) is 1.31. The fourth-order valence-corrected chi connectivity index (χ4v) is 0.682. The summed E-state index contributed by atoms with van der Waals surface area (Å²) in [7, 11) is 0. The summed E-state index contributed by atoms with van der Waals surface area (Å²) in [6.07, 6.45) is 4.37. The lowest BCUT2D eigenvalue weighted by Crippen LogP contribution is -2.22. The lowest BCUT2D eigenvalue weighted by molar-refractivity contribution is 0.353. The first-order valence-corrected chi connectivity index (χ1v) is 3.42. The largest absolute Gasteiger partial charge is 0.257 e. The highest BCUT2D eigenvalue weighted by molar-refractivity contribution is 5.20. The fraction of sp³-hybridized carbons (Fsp3) is 0.500. The minimum atomic E-state index is -0.0882. The summed E-state index contributed by atoms with van der Waals surface area (Å²) < 4.78 is 1.66. The van der Waals surface area contributed by atoms with Crippen LogP contribution in [0.1, 0.15) is 26.3 Å². The monoisotopic (exact) mass is 148 g/mol. The van der Waals surface area contributed by atoms with E-state index in [4.69, 9.17) is 5.26 Å². The molecule has 0 amide bonds. The second-order valence-corrected chi connectivity index (χ2v) is 3.36. The van der Waals surface area contributed by atoms with Gasteiger partial charge in [-0.1, -0.05) is 0 Å². The van der Waals surface area contributed by atoms with E-state index in [1.54, 1.807) is 4.68 Å². The third-order valence-corrected chi connectivity index (χ3v) is 1.28. The molecule has 0 aliphatic rings. The van der Waals surface area contributed by atoms with E-state index < -0.39 is 0 Å². The van der Waals surface area contributed by atoms with Crippen molar-refractivity contribution >= 4 is 0 Å². The lowest BCUT2D eigenvalue weighted by atomic mass is 10.1. The molecule has 0 aliphatic carbocycles. The second-order valence-electron chi connectivity index (χ2n) is 3.36. The molecule has 1 radical (unpaired) electrons. The van der Waals surface area contributed by atoms with Crippen LogP contribution in [0.15, 0.2) is 6.20 Å². The van der Waals surface area contributed by atoms with Gasteiger partial charge in [0.1, 0.15) is 12.3 Å². The second kappa shape index (κ2) is 2.39. The van der Waals surface area contributed by atoms with Crippen LogP contribution in [0.4, 0.5) is 0 Å². The Morgan fingerprint density at radius 3 is 2.55 bits per heavy atom. The van der Waals surface area contributed by atoms with Crippen molar-refractivity contribution in [3.63, 3.8) is 0 Å². The van der Waals surface area contributed by atoms with Gasteiger partial charge in [0.25, 0.3) is 0 Å². The first kappa shape index (κ1) is 7.80. The molecular formula is C8H10N3. The topological polar surface area (TPSA) is 41.6 Å². The normalized spacial score (nSPS) is 11.1. The molecule has 0 spiro atoms. The zero-order valence-electron chi connectivity index (χ0n) is 6.92. The molecule has 1 heterocycles. The third-order valence-electron chi connectivity index (χ3n) is 1.28. The van der Waals surface area contributed by atoms with Gasteiger partial charge in [0.05, 0.1) is 17.3 Å². The van der Waals surface area contributed by atoms with Crippen molar-refractivity contribution in [2.75, 3.05) is 0 Å². The Hall–Kier alpha value is -1.30. The van der Waals surface area contributed by atoms with Crippen LogP contribution in [-0.4, -0.2) is 9.78 Å². The van der Waals surface area contributed by atoms with Crippen molar-refractivity contribution in [3.05, 3.63) is 18.0 Å². The highest BCUT2D eigenvalue weighted by Gasteiger charge is 2.13. The maximum absolute atomic E-state index is 8.48. The summed E-state index contributed by atoms with van der Waals surface area (Å²) in [4.78, 5) is 0. The minimum Gasteiger partial charge on any atom is -0.257 e. The standard InChI is InChI=1S/C8H10N3/c1-8(2,3)11-6-7(4-9)5-10-11/h5H,1-3H3. The van der Waals surface area contributed by atoms with Gasteiger partial charge in [-0.2, -0.15) is 10.4 Å². The van der Waals surface area contributed by atoms with Gasteiger partial charge in [0.2, 0.25) is 0 Å². The number of aromatic nitrogens is 2. The smallest absolute Gasteiger partial charge is 0.106 e. The molecule has 0 atom stereocenters. The summed E-state index contributed by atoms with van der Waals surface area (Å²) in [5.74, 6) is 0. The summed E-state index contributed by atoms with van der Waals surface area (Å²) in [6, 6.07) is 1.98. The first-order valence-electron chi connectivity index (χ1n) is 3.42. The van der Waals surface area contributed by atoms with Gasteiger partial charge in [0, 0.05) is 0 Å². The van der Waals surface area contributed by atoms with Crippen LogP contribution >= 0.6 is 0 Å². The molecular weight excluding hydrogens is 138 g/mol. The molecule has 1 rings (SSSR count). The maximum atomic E-state index is 8.48. The Morgan fingerprint density at radius 2 is 2.27 bits per heavy atom. The van der Waals surface area contributed by atoms with Crippen LogP contribution < -0.4 is 0 Å². The maximum Gasteiger partial charge on any atom is 0.106 e. The molecule has 11 heavy (non-hydrogen) atoms. The molecule has 1 aromatic rings. The van der Waals surface area contributed by atoms with E-state index in [0.717, 1.165) is 0 Å². The van der Waals surface area contributed by atoms with Crippen molar-refractivity contribution in [2.45, 2.75) is 26.3 Å². The molecule has 3 nitrogen and oxygen atoms in total. The SMILES string of the molecule is CC(C)(C)n1[c]c(C#N)cn1. The van der Waals surface area contributed by atoms with Crippen molar-refractivity contribution in [2.24, 2.45) is 0 Å². The Morgan fingerprint density at radius 1 is 1.64 bits per heavy atom. The van der Waals surface area contributed by atoms with Gasteiger partial charge in [-0.3, -0.25) is 4.68 Å². The highest BCUT2D eigenvalue weighted by atomic mass is 15.3. The zero-order valence-corrected chi connectivity index (χ0v) is 6.92.